The van der Waals surface area contributed by atoms with Crippen molar-refractivity contribution in [3.63, 3.8) is 0 Å². The van der Waals surface area contributed by atoms with Gasteiger partial charge in [-0.2, -0.15) is 0 Å². The van der Waals surface area contributed by atoms with Crippen molar-refractivity contribution in [2.45, 2.75) is 45.2 Å². The monoisotopic (exact) mass is 182 g/mol. The van der Waals surface area contributed by atoms with Gasteiger partial charge in [-0.3, -0.25) is 0 Å². The lowest BCUT2D eigenvalue weighted by atomic mass is 9.90. The molecule has 0 bridgehead atoms. The van der Waals surface area contributed by atoms with Crippen LogP contribution in [0.25, 0.3) is 0 Å². The Morgan fingerprint density at radius 2 is 2.00 bits per heavy atom. The quantitative estimate of drug-likeness (QED) is 0.674. The van der Waals surface area contributed by atoms with Gasteiger partial charge in [0.05, 0.1) is 0 Å². The van der Waals surface area contributed by atoms with E-state index in [-0.39, 0.29) is 0 Å². The second kappa shape index (κ2) is 3.25. The Kier molecular flexibility index (Phi) is 2.37. The van der Waals surface area contributed by atoms with Crippen molar-refractivity contribution < 1.29 is 0 Å². The molecule has 1 aliphatic carbocycles. The molecular weight excluding hydrogens is 160 g/mol. The van der Waals surface area contributed by atoms with Gasteiger partial charge in [0.2, 0.25) is 0 Å². The minimum atomic E-state index is 0.394. The molecule has 0 amide bonds. The molecular formula is C11H22N2. The van der Waals surface area contributed by atoms with Crippen LogP contribution in [0.1, 0.15) is 33.6 Å². The van der Waals surface area contributed by atoms with Crippen molar-refractivity contribution in [3.05, 3.63) is 0 Å². The largest absolute Gasteiger partial charge is 0.311 e. The first kappa shape index (κ1) is 9.47. The van der Waals surface area contributed by atoms with Crippen molar-refractivity contribution in [1.82, 2.24) is 10.6 Å². The molecule has 0 aromatic rings. The topological polar surface area (TPSA) is 24.1 Å². The Labute approximate surface area is 81.5 Å². The predicted octanol–water partition coefficient (Wildman–Crippen LogP) is 1.37. The average molecular weight is 182 g/mol. The van der Waals surface area contributed by atoms with Crippen LogP contribution in [0.4, 0.5) is 0 Å². The lowest BCUT2D eigenvalue weighted by Gasteiger charge is -2.41. The van der Waals surface area contributed by atoms with E-state index in [1.807, 2.05) is 0 Å². The Morgan fingerprint density at radius 3 is 2.38 bits per heavy atom. The van der Waals surface area contributed by atoms with Crippen LogP contribution < -0.4 is 10.6 Å². The first-order chi connectivity index (χ1) is 6.12. The van der Waals surface area contributed by atoms with E-state index in [0.29, 0.717) is 11.6 Å². The zero-order valence-electron chi connectivity index (χ0n) is 9.06. The fraction of sp³-hybridized carbons (Fsp3) is 1.00. The van der Waals surface area contributed by atoms with Gasteiger partial charge in [0.15, 0.2) is 0 Å². The number of hydrogen-bond donors (Lipinski definition) is 2. The zero-order valence-corrected chi connectivity index (χ0v) is 9.06. The van der Waals surface area contributed by atoms with Crippen molar-refractivity contribution in [1.29, 1.82) is 0 Å². The average Bonchev–Trinajstić information content (AvgIpc) is 2.87. The van der Waals surface area contributed by atoms with Crippen molar-refractivity contribution in [2.75, 3.05) is 13.1 Å². The molecule has 0 aromatic heterocycles. The van der Waals surface area contributed by atoms with E-state index in [1.54, 1.807) is 0 Å². The molecule has 0 aromatic carbocycles. The molecule has 2 heteroatoms. The van der Waals surface area contributed by atoms with Crippen LogP contribution in [0.5, 0.6) is 0 Å². The van der Waals surface area contributed by atoms with Gasteiger partial charge in [-0.05, 0) is 31.6 Å². The number of hydrogen-bond acceptors (Lipinski definition) is 2. The Bertz CT molecular complexity index is 177. The van der Waals surface area contributed by atoms with Gasteiger partial charge in [-0.15, -0.1) is 0 Å². The molecule has 2 N–H and O–H groups in total. The van der Waals surface area contributed by atoms with E-state index in [9.17, 15) is 0 Å². The van der Waals surface area contributed by atoms with Crippen molar-refractivity contribution >= 4 is 0 Å². The van der Waals surface area contributed by atoms with Crippen LogP contribution in [-0.4, -0.2) is 24.7 Å². The second-order valence-corrected chi connectivity index (χ2v) is 5.30. The summed E-state index contributed by atoms with van der Waals surface area (Å²) >= 11 is 0. The van der Waals surface area contributed by atoms with Crippen LogP contribution >= 0.6 is 0 Å². The third-order valence-corrected chi connectivity index (χ3v) is 3.74. The van der Waals surface area contributed by atoms with Crippen molar-refractivity contribution in [3.8, 4) is 0 Å². The fourth-order valence-electron chi connectivity index (χ4n) is 2.30. The molecule has 0 spiro atoms. The molecule has 2 fully saturated rings. The molecule has 0 radical (unpaired) electrons. The highest BCUT2D eigenvalue weighted by molar-refractivity contribution is 5.03. The normalized spacial score (nSPS) is 41.1. The lowest BCUT2D eigenvalue weighted by Crippen LogP contribution is -2.63. The van der Waals surface area contributed by atoms with Crippen molar-refractivity contribution in [2.24, 2.45) is 11.8 Å². The fourth-order valence-corrected chi connectivity index (χ4v) is 2.30. The van der Waals surface area contributed by atoms with E-state index in [0.717, 1.165) is 24.9 Å². The standard InChI is InChI=1S/C11H22N2/c1-8(2)10-6-13-11(3,7-12-10)9-4-5-9/h8-10,12-13H,4-7H2,1-3H3. The maximum absolute atomic E-state index is 3.73. The molecule has 76 valence electrons. The third-order valence-electron chi connectivity index (χ3n) is 3.74. The predicted molar refractivity (Wildman–Crippen MR) is 55.8 cm³/mol. The summed E-state index contributed by atoms with van der Waals surface area (Å²) in [6.07, 6.45) is 2.86. The molecule has 2 nitrogen and oxygen atoms in total. The molecule has 2 unspecified atom stereocenters. The van der Waals surface area contributed by atoms with Gasteiger partial charge in [0.25, 0.3) is 0 Å². The summed E-state index contributed by atoms with van der Waals surface area (Å²) in [5.74, 6) is 1.68. The Hall–Kier alpha value is -0.0800. The summed E-state index contributed by atoms with van der Waals surface area (Å²) in [6.45, 7) is 9.25. The lowest BCUT2D eigenvalue weighted by molar-refractivity contribution is 0.201. The first-order valence-electron chi connectivity index (χ1n) is 5.60. The smallest absolute Gasteiger partial charge is 0.0306 e. The highest BCUT2D eigenvalue weighted by atomic mass is 15.1. The first-order valence-corrected chi connectivity index (χ1v) is 5.60. The second-order valence-electron chi connectivity index (χ2n) is 5.30. The number of rotatable bonds is 2. The Morgan fingerprint density at radius 1 is 1.31 bits per heavy atom. The molecule has 1 heterocycles. The van der Waals surface area contributed by atoms with Gasteiger partial charge >= 0.3 is 0 Å². The molecule has 1 saturated carbocycles. The van der Waals surface area contributed by atoms with Crippen LogP contribution in [0, 0.1) is 11.8 Å². The molecule has 1 aliphatic heterocycles. The van der Waals surface area contributed by atoms with Crippen LogP contribution in [0.3, 0.4) is 0 Å². The number of piperazine rings is 1. The summed E-state index contributed by atoms with van der Waals surface area (Å²) < 4.78 is 0. The van der Waals surface area contributed by atoms with E-state index < -0.39 is 0 Å². The summed E-state index contributed by atoms with van der Waals surface area (Å²) in [5, 5.41) is 7.39. The van der Waals surface area contributed by atoms with E-state index in [4.69, 9.17) is 0 Å². The maximum atomic E-state index is 3.73. The molecule has 2 aliphatic rings. The highest BCUT2D eigenvalue weighted by Gasteiger charge is 2.43. The van der Waals surface area contributed by atoms with Gasteiger partial charge in [0, 0.05) is 24.7 Å². The SMILES string of the molecule is CC(C)C1CNC(C)(C2CC2)CN1. The zero-order chi connectivity index (χ0) is 9.47. The minimum Gasteiger partial charge on any atom is -0.311 e. The van der Waals surface area contributed by atoms with Crippen LogP contribution in [0.2, 0.25) is 0 Å². The molecule has 13 heavy (non-hydrogen) atoms. The molecule has 1 saturated heterocycles. The Balaban J connectivity index is 1.87. The molecule has 2 atom stereocenters. The van der Waals surface area contributed by atoms with Crippen LogP contribution in [0.15, 0.2) is 0 Å². The highest BCUT2D eigenvalue weighted by Crippen LogP contribution is 2.40. The number of nitrogens with one attached hydrogen (secondary N) is 2. The third kappa shape index (κ3) is 1.89. The summed E-state index contributed by atoms with van der Waals surface area (Å²) in [7, 11) is 0. The minimum absolute atomic E-state index is 0.394. The molecule has 2 rings (SSSR count). The van der Waals surface area contributed by atoms with Gasteiger partial charge in [-0.25, -0.2) is 0 Å². The maximum Gasteiger partial charge on any atom is 0.0306 e. The van der Waals surface area contributed by atoms with E-state index in [1.165, 1.54) is 12.8 Å². The van der Waals surface area contributed by atoms with Gasteiger partial charge in [0.1, 0.15) is 0 Å². The van der Waals surface area contributed by atoms with Gasteiger partial charge in [-0.1, -0.05) is 13.8 Å². The van der Waals surface area contributed by atoms with E-state index >= 15 is 0 Å². The summed E-state index contributed by atoms with van der Waals surface area (Å²) in [4.78, 5) is 0. The summed E-state index contributed by atoms with van der Waals surface area (Å²) in [6, 6.07) is 0.673. The van der Waals surface area contributed by atoms with E-state index in [2.05, 4.69) is 31.4 Å². The van der Waals surface area contributed by atoms with Gasteiger partial charge < -0.3 is 10.6 Å². The van der Waals surface area contributed by atoms with Crippen LogP contribution in [-0.2, 0) is 0 Å². The summed E-state index contributed by atoms with van der Waals surface area (Å²) in [5.41, 5.74) is 0.394.